The SMILES string of the molecule is O=C(O)c1nc(-c2cccc(F)c2)c2ccccn12. The van der Waals surface area contributed by atoms with Crippen LogP contribution in [-0.4, -0.2) is 20.5 Å². The molecule has 0 spiro atoms. The van der Waals surface area contributed by atoms with Gasteiger partial charge in [0.25, 0.3) is 0 Å². The minimum atomic E-state index is -1.12. The van der Waals surface area contributed by atoms with Crippen molar-refractivity contribution in [3.8, 4) is 11.3 Å². The van der Waals surface area contributed by atoms with Crippen molar-refractivity contribution in [2.75, 3.05) is 0 Å². The zero-order chi connectivity index (χ0) is 13.4. The van der Waals surface area contributed by atoms with Crippen molar-refractivity contribution >= 4 is 11.5 Å². The Labute approximate surface area is 107 Å². The molecule has 2 heterocycles. The lowest BCUT2D eigenvalue weighted by Crippen LogP contribution is -2.02. The van der Waals surface area contributed by atoms with Gasteiger partial charge >= 0.3 is 5.97 Å². The first-order valence-electron chi connectivity index (χ1n) is 5.63. The van der Waals surface area contributed by atoms with Gasteiger partial charge in [-0.3, -0.25) is 4.40 Å². The number of nitrogens with zero attached hydrogens (tertiary/aromatic N) is 2. The summed E-state index contributed by atoms with van der Waals surface area (Å²) in [7, 11) is 0. The number of halogens is 1. The third kappa shape index (κ3) is 1.85. The molecule has 1 aromatic carbocycles. The number of carboxylic acids is 1. The molecule has 1 N–H and O–H groups in total. The fraction of sp³-hybridized carbons (Fsp3) is 0. The maximum Gasteiger partial charge on any atom is 0.372 e. The number of rotatable bonds is 2. The summed E-state index contributed by atoms with van der Waals surface area (Å²) in [5.41, 5.74) is 1.64. The smallest absolute Gasteiger partial charge is 0.372 e. The number of carbonyl (C=O) groups is 1. The summed E-state index contributed by atoms with van der Waals surface area (Å²) in [5, 5.41) is 9.14. The molecule has 3 aromatic rings. The van der Waals surface area contributed by atoms with E-state index in [0.717, 1.165) is 0 Å². The molecule has 19 heavy (non-hydrogen) atoms. The average molecular weight is 256 g/mol. The van der Waals surface area contributed by atoms with E-state index in [1.54, 1.807) is 36.5 Å². The second-order valence-electron chi connectivity index (χ2n) is 4.06. The number of aromatic nitrogens is 2. The Hall–Kier alpha value is -2.69. The van der Waals surface area contributed by atoms with Crippen LogP contribution in [0.25, 0.3) is 16.8 Å². The number of fused-ring (bicyclic) bond motifs is 1. The molecule has 3 rings (SSSR count). The third-order valence-corrected chi connectivity index (χ3v) is 2.84. The first-order valence-corrected chi connectivity index (χ1v) is 5.63. The number of hydrogen-bond donors (Lipinski definition) is 1. The monoisotopic (exact) mass is 256 g/mol. The Morgan fingerprint density at radius 1 is 1.21 bits per heavy atom. The Kier molecular flexibility index (Phi) is 2.52. The van der Waals surface area contributed by atoms with Crippen LogP contribution in [-0.2, 0) is 0 Å². The van der Waals surface area contributed by atoms with Gasteiger partial charge in [-0.15, -0.1) is 0 Å². The summed E-state index contributed by atoms with van der Waals surface area (Å²) in [5.74, 6) is -1.59. The number of carboxylic acid groups (broad SMARTS) is 1. The first kappa shape index (κ1) is 11.4. The van der Waals surface area contributed by atoms with Crippen LogP contribution in [0.3, 0.4) is 0 Å². The highest BCUT2D eigenvalue weighted by Crippen LogP contribution is 2.25. The molecule has 0 aliphatic carbocycles. The molecule has 0 fully saturated rings. The fourth-order valence-corrected chi connectivity index (χ4v) is 2.04. The molecule has 0 atom stereocenters. The van der Waals surface area contributed by atoms with Crippen LogP contribution in [0.5, 0.6) is 0 Å². The van der Waals surface area contributed by atoms with Gasteiger partial charge < -0.3 is 5.11 Å². The van der Waals surface area contributed by atoms with Crippen LogP contribution in [0.15, 0.2) is 48.7 Å². The summed E-state index contributed by atoms with van der Waals surface area (Å²) < 4.78 is 14.7. The van der Waals surface area contributed by atoms with Crippen molar-refractivity contribution in [3.63, 3.8) is 0 Å². The molecule has 94 valence electrons. The van der Waals surface area contributed by atoms with E-state index in [-0.39, 0.29) is 11.6 Å². The van der Waals surface area contributed by atoms with Gasteiger partial charge in [-0.25, -0.2) is 14.2 Å². The van der Waals surface area contributed by atoms with Crippen molar-refractivity contribution in [3.05, 3.63) is 60.3 Å². The van der Waals surface area contributed by atoms with Gasteiger partial charge in [0.1, 0.15) is 5.82 Å². The largest absolute Gasteiger partial charge is 0.475 e. The van der Waals surface area contributed by atoms with Crippen molar-refractivity contribution < 1.29 is 14.3 Å². The minimum Gasteiger partial charge on any atom is -0.475 e. The third-order valence-electron chi connectivity index (χ3n) is 2.84. The van der Waals surface area contributed by atoms with E-state index >= 15 is 0 Å². The number of imidazole rings is 1. The molecule has 0 radical (unpaired) electrons. The lowest BCUT2D eigenvalue weighted by atomic mass is 10.1. The normalized spacial score (nSPS) is 10.8. The van der Waals surface area contributed by atoms with Gasteiger partial charge in [-0.1, -0.05) is 18.2 Å². The highest BCUT2D eigenvalue weighted by molar-refractivity contribution is 5.89. The molecule has 0 bridgehead atoms. The zero-order valence-electron chi connectivity index (χ0n) is 9.75. The molecular weight excluding hydrogens is 247 g/mol. The molecule has 4 nitrogen and oxygen atoms in total. The quantitative estimate of drug-likeness (QED) is 0.767. The standard InChI is InChI=1S/C14H9FN2O2/c15-10-5-3-4-9(8-10)12-11-6-1-2-7-17(11)13(16-12)14(18)19/h1-8H,(H,18,19). The first-order chi connectivity index (χ1) is 9.16. The van der Waals surface area contributed by atoms with Crippen molar-refractivity contribution in [2.24, 2.45) is 0 Å². The molecule has 0 saturated heterocycles. The summed E-state index contributed by atoms with van der Waals surface area (Å²) in [6.07, 6.45) is 1.62. The van der Waals surface area contributed by atoms with Crippen LogP contribution in [0.2, 0.25) is 0 Å². The van der Waals surface area contributed by atoms with E-state index in [2.05, 4.69) is 4.98 Å². The summed E-state index contributed by atoms with van der Waals surface area (Å²) in [4.78, 5) is 15.3. The van der Waals surface area contributed by atoms with Gasteiger partial charge in [-0.2, -0.15) is 0 Å². The van der Waals surface area contributed by atoms with Crippen LogP contribution in [0.1, 0.15) is 10.6 Å². The molecular formula is C14H9FN2O2. The van der Waals surface area contributed by atoms with Gasteiger partial charge in [0, 0.05) is 11.8 Å². The van der Waals surface area contributed by atoms with Crippen molar-refractivity contribution in [1.82, 2.24) is 9.38 Å². The fourth-order valence-electron chi connectivity index (χ4n) is 2.04. The van der Waals surface area contributed by atoms with E-state index in [9.17, 15) is 9.18 Å². The Bertz CT molecular complexity index is 780. The highest BCUT2D eigenvalue weighted by atomic mass is 19.1. The van der Waals surface area contributed by atoms with Gasteiger partial charge in [0.15, 0.2) is 0 Å². The second-order valence-corrected chi connectivity index (χ2v) is 4.06. The minimum absolute atomic E-state index is 0.0881. The highest BCUT2D eigenvalue weighted by Gasteiger charge is 2.17. The predicted molar refractivity (Wildman–Crippen MR) is 67.5 cm³/mol. The number of hydrogen-bond acceptors (Lipinski definition) is 2. The maximum atomic E-state index is 13.3. The molecule has 0 amide bonds. The Morgan fingerprint density at radius 3 is 2.79 bits per heavy atom. The molecule has 2 aromatic heterocycles. The number of pyridine rings is 1. The second kappa shape index (κ2) is 4.20. The van der Waals surface area contributed by atoms with Crippen molar-refractivity contribution in [2.45, 2.75) is 0 Å². The van der Waals surface area contributed by atoms with E-state index in [1.807, 2.05) is 0 Å². The maximum absolute atomic E-state index is 13.3. The lowest BCUT2D eigenvalue weighted by Gasteiger charge is -1.98. The zero-order valence-corrected chi connectivity index (χ0v) is 9.75. The average Bonchev–Trinajstić information content (AvgIpc) is 2.78. The van der Waals surface area contributed by atoms with E-state index in [1.165, 1.54) is 16.5 Å². The van der Waals surface area contributed by atoms with Crippen LogP contribution in [0, 0.1) is 5.82 Å². The summed E-state index contributed by atoms with van der Waals surface area (Å²) in [6, 6.07) is 11.2. The molecule has 5 heteroatoms. The van der Waals surface area contributed by atoms with E-state index < -0.39 is 5.97 Å². The van der Waals surface area contributed by atoms with Crippen LogP contribution >= 0.6 is 0 Å². The Morgan fingerprint density at radius 2 is 2.05 bits per heavy atom. The molecule has 0 aliphatic rings. The van der Waals surface area contributed by atoms with Crippen LogP contribution < -0.4 is 0 Å². The van der Waals surface area contributed by atoms with E-state index in [4.69, 9.17) is 5.11 Å². The molecule has 0 saturated carbocycles. The predicted octanol–water partition coefficient (Wildman–Crippen LogP) is 2.84. The van der Waals surface area contributed by atoms with Crippen LogP contribution in [0.4, 0.5) is 4.39 Å². The lowest BCUT2D eigenvalue weighted by molar-refractivity contribution is 0.0683. The van der Waals surface area contributed by atoms with Crippen molar-refractivity contribution in [1.29, 1.82) is 0 Å². The van der Waals surface area contributed by atoms with Gasteiger partial charge in [0.2, 0.25) is 5.82 Å². The number of aromatic carboxylic acids is 1. The number of benzene rings is 1. The summed E-state index contributed by atoms with van der Waals surface area (Å²) >= 11 is 0. The van der Waals surface area contributed by atoms with Gasteiger partial charge in [-0.05, 0) is 24.3 Å². The molecule has 0 unspecified atom stereocenters. The summed E-state index contributed by atoms with van der Waals surface area (Å²) in [6.45, 7) is 0. The Balaban J connectivity index is 2.33. The van der Waals surface area contributed by atoms with E-state index in [0.29, 0.717) is 16.8 Å². The topological polar surface area (TPSA) is 54.6 Å². The van der Waals surface area contributed by atoms with Gasteiger partial charge in [0.05, 0.1) is 11.2 Å². The molecule has 0 aliphatic heterocycles.